The van der Waals surface area contributed by atoms with Gasteiger partial charge in [0.2, 0.25) is 0 Å². The van der Waals surface area contributed by atoms with Crippen molar-refractivity contribution < 1.29 is 4.74 Å². The Labute approximate surface area is 112 Å². The van der Waals surface area contributed by atoms with E-state index < -0.39 is 0 Å². The van der Waals surface area contributed by atoms with E-state index in [1.54, 1.807) is 0 Å². The molecule has 0 aromatic rings. The fourth-order valence-electron chi connectivity index (χ4n) is 3.53. The highest BCUT2D eigenvalue weighted by Crippen LogP contribution is 2.38. The Morgan fingerprint density at radius 2 is 1.78 bits per heavy atom. The summed E-state index contributed by atoms with van der Waals surface area (Å²) in [5.74, 6) is 0. The second-order valence-corrected chi connectivity index (χ2v) is 7.39. The van der Waals surface area contributed by atoms with Crippen LogP contribution in [-0.2, 0) is 4.74 Å². The van der Waals surface area contributed by atoms with Gasteiger partial charge in [-0.25, -0.2) is 0 Å². The molecule has 2 heterocycles. The number of hydrogen-bond acceptors (Lipinski definition) is 3. The predicted octanol–water partition coefficient (Wildman–Crippen LogP) is 2.36. The van der Waals surface area contributed by atoms with Crippen molar-refractivity contribution in [1.82, 2.24) is 9.80 Å². The first-order chi connectivity index (χ1) is 8.24. The number of hydrogen-bond donors (Lipinski definition) is 0. The van der Waals surface area contributed by atoms with Crippen LogP contribution in [0.2, 0.25) is 0 Å². The average molecular weight is 254 g/mol. The summed E-state index contributed by atoms with van der Waals surface area (Å²) < 4.78 is 6.24. The van der Waals surface area contributed by atoms with Gasteiger partial charge in [0.25, 0.3) is 0 Å². The Balaban J connectivity index is 1.94. The first-order valence-corrected chi connectivity index (χ1v) is 7.36. The summed E-state index contributed by atoms with van der Waals surface area (Å²) in [4.78, 5) is 4.96. The van der Waals surface area contributed by atoms with Crippen LogP contribution in [0, 0.1) is 0 Å². The number of likely N-dealkylation sites (tertiary alicyclic amines) is 2. The molecule has 0 aromatic heterocycles. The van der Waals surface area contributed by atoms with Gasteiger partial charge in [0.1, 0.15) is 0 Å². The molecule has 0 bridgehead atoms. The summed E-state index contributed by atoms with van der Waals surface area (Å²) in [6.07, 6.45) is 3.25. The Bertz CT molecular complexity index is 295. The highest BCUT2D eigenvalue weighted by atomic mass is 16.5. The molecular formula is C15H30N2O. The SMILES string of the molecule is CCC(C)(C)N1C[C@@H](OC2CN(C)C2)CC1(C)C. The highest BCUT2D eigenvalue weighted by Gasteiger charge is 2.46. The molecule has 0 spiro atoms. The second kappa shape index (κ2) is 4.77. The van der Waals surface area contributed by atoms with E-state index in [-0.39, 0.29) is 11.1 Å². The maximum absolute atomic E-state index is 6.24. The van der Waals surface area contributed by atoms with Gasteiger partial charge in [-0.15, -0.1) is 0 Å². The zero-order chi connectivity index (χ0) is 13.6. The molecule has 0 amide bonds. The monoisotopic (exact) mass is 254 g/mol. The summed E-state index contributed by atoms with van der Waals surface area (Å²) in [7, 11) is 2.16. The Morgan fingerprint density at radius 3 is 2.28 bits per heavy atom. The van der Waals surface area contributed by atoms with E-state index in [0.717, 1.165) is 26.1 Å². The molecule has 0 aliphatic carbocycles. The standard InChI is InChI=1S/C15H30N2O/c1-7-14(2,3)17-11-12(8-15(17,4)5)18-13-9-16(6)10-13/h12-13H,7-11H2,1-6H3/t12-/m0/s1. The first-order valence-electron chi connectivity index (χ1n) is 7.36. The molecule has 2 aliphatic rings. The zero-order valence-electron chi connectivity index (χ0n) is 13.0. The third-order valence-corrected chi connectivity index (χ3v) is 4.86. The summed E-state index contributed by atoms with van der Waals surface area (Å²) in [6.45, 7) is 15.0. The molecule has 0 N–H and O–H groups in total. The highest BCUT2D eigenvalue weighted by molar-refractivity contribution is 5.00. The van der Waals surface area contributed by atoms with Crippen LogP contribution in [0.5, 0.6) is 0 Å². The van der Waals surface area contributed by atoms with Crippen molar-refractivity contribution in [2.45, 2.75) is 70.7 Å². The second-order valence-electron chi connectivity index (χ2n) is 7.39. The van der Waals surface area contributed by atoms with E-state index in [0.29, 0.717) is 12.2 Å². The molecule has 2 fully saturated rings. The van der Waals surface area contributed by atoms with Crippen LogP contribution >= 0.6 is 0 Å². The normalized spacial score (nSPS) is 30.7. The van der Waals surface area contributed by atoms with Crippen LogP contribution in [0.1, 0.15) is 47.5 Å². The smallest absolute Gasteiger partial charge is 0.0832 e. The number of ether oxygens (including phenoxy) is 1. The lowest BCUT2D eigenvalue weighted by Crippen LogP contribution is -2.52. The van der Waals surface area contributed by atoms with Crippen LogP contribution in [0.4, 0.5) is 0 Å². The molecule has 0 saturated carbocycles. The average Bonchev–Trinajstić information content (AvgIpc) is 2.52. The quantitative estimate of drug-likeness (QED) is 0.766. The summed E-state index contributed by atoms with van der Waals surface area (Å²) in [5.41, 5.74) is 0.540. The van der Waals surface area contributed by atoms with E-state index >= 15 is 0 Å². The number of nitrogens with zero attached hydrogens (tertiary/aromatic N) is 2. The lowest BCUT2D eigenvalue weighted by molar-refractivity contribution is -0.0815. The van der Waals surface area contributed by atoms with Crippen molar-refractivity contribution in [1.29, 1.82) is 0 Å². The summed E-state index contributed by atoms with van der Waals surface area (Å²) >= 11 is 0. The molecule has 3 heteroatoms. The van der Waals surface area contributed by atoms with Gasteiger partial charge in [0.15, 0.2) is 0 Å². The van der Waals surface area contributed by atoms with Crippen molar-refractivity contribution in [3.8, 4) is 0 Å². The Hall–Kier alpha value is -0.120. The molecule has 0 unspecified atom stereocenters. The van der Waals surface area contributed by atoms with E-state index in [1.165, 1.54) is 6.42 Å². The third kappa shape index (κ3) is 2.73. The Kier molecular flexibility index (Phi) is 3.79. The number of likely N-dealkylation sites (N-methyl/N-ethyl adjacent to an activating group) is 1. The number of rotatable bonds is 4. The maximum atomic E-state index is 6.24. The van der Waals surface area contributed by atoms with Crippen LogP contribution in [0.25, 0.3) is 0 Å². The van der Waals surface area contributed by atoms with E-state index in [1.807, 2.05) is 0 Å². The van der Waals surface area contributed by atoms with Gasteiger partial charge in [-0.1, -0.05) is 6.92 Å². The van der Waals surface area contributed by atoms with Gasteiger partial charge in [-0.2, -0.15) is 0 Å². The summed E-state index contributed by atoms with van der Waals surface area (Å²) in [5, 5.41) is 0. The minimum Gasteiger partial charge on any atom is -0.371 e. The van der Waals surface area contributed by atoms with Gasteiger partial charge in [-0.05, 0) is 47.6 Å². The van der Waals surface area contributed by atoms with Crippen LogP contribution in [-0.4, -0.2) is 59.8 Å². The minimum absolute atomic E-state index is 0.264. The lowest BCUT2D eigenvalue weighted by Gasteiger charge is -2.43. The van der Waals surface area contributed by atoms with Gasteiger partial charge in [-0.3, -0.25) is 4.90 Å². The lowest BCUT2D eigenvalue weighted by atomic mass is 9.92. The molecule has 0 aromatic carbocycles. The van der Waals surface area contributed by atoms with Gasteiger partial charge in [0, 0.05) is 30.7 Å². The van der Waals surface area contributed by atoms with E-state index in [4.69, 9.17) is 4.74 Å². The van der Waals surface area contributed by atoms with E-state index in [2.05, 4.69) is 51.5 Å². The first kappa shape index (κ1) is 14.3. The molecule has 0 radical (unpaired) electrons. The molecule has 1 atom stereocenters. The van der Waals surface area contributed by atoms with Crippen LogP contribution < -0.4 is 0 Å². The van der Waals surface area contributed by atoms with Crippen molar-refractivity contribution in [3.63, 3.8) is 0 Å². The van der Waals surface area contributed by atoms with Crippen molar-refractivity contribution >= 4 is 0 Å². The zero-order valence-corrected chi connectivity index (χ0v) is 13.0. The van der Waals surface area contributed by atoms with Gasteiger partial charge in [0.05, 0.1) is 12.2 Å². The Morgan fingerprint density at radius 1 is 1.17 bits per heavy atom. The van der Waals surface area contributed by atoms with Crippen LogP contribution in [0.3, 0.4) is 0 Å². The van der Waals surface area contributed by atoms with Gasteiger partial charge < -0.3 is 9.64 Å². The van der Waals surface area contributed by atoms with Gasteiger partial charge >= 0.3 is 0 Å². The maximum Gasteiger partial charge on any atom is 0.0832 e. The molecule has 2 aliphatic heterocycles. The fourth-order valence-corrected chi connectivity index (χ4v) is 3.53. The molecule has 2 saturated heterocycles. The summed E-state index contributed by atoms with van der Waals surface area (Å²) in [6, 6.07) is 0. The molecular weight excluding hydrogens is 224 g/mol. The van der Waals surface area contributed by atoms with E-state index in [9.17, 15) is 0 Å². The third-order valence-electron chi connectivity index (χ3n) is 4.86. The molecule has 106 valence electrons. The molecule has 2 rings (SSSR count). The van der Waals surface area contributed by atoms with Crippen LogP contribution in [0.15, 0.2) is 0 Å². The molecule has 18 heavy (non-hydrogen) atoms. The van der Waals surface area contributed by atoms with Crippen molar-refractivity contribution in [2.75, 3.05) is 26.7 Å². The minimum atomic E-state index is 0.264. The predicted molar refractivity (Wildman–Crippen MR) is 75.9 cm³/mol. The topological polar surface area (TPSA) is 15.7 Å². The van der Waals surface area contributed by atoms with Crippen molar-refractivity contribution in [3.05, 3.63) is 0 Å². The van der Waals surface area contributed by atoms with Crippen molar-refractivity contribution in [2.24, 2.45) is 0 Å². The largest absolute Gasteiger partial charge is 0.371 e. The molecule has 3 nitrogen and oxygen atoms in total. The fraction of sp³-hybridized carbons (Fsp3) is 1.00.